The molecule has 120 valence electrons. The Hall–Kier alpha value is -1.59. The summed E-state index contributed by atoms with van der Waals surface area (Å²) in [5.41, 5.74) is 2.24. The summed E-state index contributed by atoms with van der Waals surface area (Å²) in [5.74, 6) is 1.85. The zero-order chi connectivity index (χ0) is 16.0. The van der Waals surface area contributed by atoms with E-state index in [1.165, 1.54) is 10.5 Å². The first kappa shape index (κ1) is 15.0. The minimum Gasteiger partial charge on any atom is -0.347 e. The van der Waals surface area contributed by atoms with Gasteiger partial charge in [0, 0.05) is 49.4 Å². The molecule has 0 unspecified atom stereocenters. The van der Waals surface area contributed by atoms with Crippen LogP contribution >= 0.6 is 22.9 Å². The van der Waals surface area contributed by atoms with Crippen molar-refractivity contribution in [3.8, 4) is 0 Å². The van der Waals surface area contributed by atoms with E-state index in [-0.39, 0.29) is 0 Å². The molecule has 3 aromatic rings. The van der Waals surface area contributed by atoms with E-state index in [0.717, 1.165) is 47.3 Å². The third-order valence-electron chi connectivity index (χ3n) is 4.44. The fraction of sp³-hybridized carbons (Fsp3) is 0.412. The number of aryl methyl sites for hydroxylation is 2. The highest BCUT2D eigenvalue weighted by Crippen LogP contribution is 2.36. The predicted molar refractivity (Wildman–Crippen MR) is 96.7 cm³/mol. The quantitative estimate of drug-likeness (QED) is 0.711. The first-order valence-corrected chi connectivity index (χ1v) is 9.15. The molecule has 1 aliphatic rings. The molecule has 0 N–H and O–H groups in total. The maximum absolute atomic E-state index is 6.15. The van der Waals surface area contributed by atoms with Crippen LogP contribution in [-0.4, -0.2) is 27.6 Å². The molecule has 4 nitrogen and oxygen atoms in total. The lowest BCUT2D eigenvalue weighted by Gasteiger charge is -2.39. The number of benzene rings is 1. The summed E-state index contributed by atoms with van der Waals surface area (Å²) in [7, 11) is 0. The number of thiazole rings is 1. The van der Waals surface area contributed by atoms with Gasteiger partial charge in [-0.25, -0.2) is 9.97 Å². The van der Waals surface area contributed by atoms with Crippen molar-refractivity contribution in [2.45, 2.75) is 26.8 Å². The third kappa shape index (κ3) is 2.72. The molecular weight excluding hydrogens is 328 g/mol. The van der Waals surface area contributed by atoms with Crippen molar-refractivity contribution in [1.29, 1.82) is 0 Å². The van der Waals surface area contributed by atoms with E-state index in [1.54, 1.807) is 11.3 Å². The number of fused-ring (bicyclic) bond motifs is 1. The van der Waals surface area contributed by atoms with Crippen molar-refractivity contribution >= 4 is 38.3 Å². The van der Waals surface area contributed by atoms with Crippen LogP contribution in [0.1, 0.15) is 18.3 Å². The Morgan fingerprint density at radius 3 is 2.96 bits per heavy atom. The van der Waals surface area contributed by atoms with Crippen molar-refractivity contribution in [1.82, 2.24) is 14.5 Å². The van der Waals surface area contributed by atoms with E-state index in [2.05, 4.69) is 34.5 Å². The Kier molecular flexibility index (Phi) is 3.77. The smallest absolute Gasteiger partial charge is 0.186 e. The minimum atomic E-state index is 0.672. The minimum absolute atomic E-state index is 0.672. The summed E-state index contributed by atoms with van der Waals surface area (Å²) >= 11 is 7.89. The maximum Gasteiger partial charge on any atom is 0.186 e. The molecule has 0 spiro atoms. The lowest BCUT2D eigenvalue weighted by atomic mass is 10.0. The first-order valence-electron chi connectivity index (χ1n) is 7.95. The van der Waals surface area contributed by atoms with Gasteiger partial charge in [-0.3, -0.25) is 0 Å². The molecule has 6 heteroatoms. The molecule has 23 heavy (non-hydrogen) atoms. The molecule has 2 aromatic heterocycles. The number of rotatable bonds is 4. The van der Waals surface area contributed by atoms with Crippen LogP contribution in [0.15, 0.2) is 24.5 Å². The molecule has 4 rings (SSSR count). The molecule has 0 radical (unpaired) electrons. The fourth-order valence-corrected chi connectivity index (χ4v) is 4.66. The summed E-state index contributed by atoms with van der Waals surface area (Å²) in [4.78, 5) is 11.6. The second-order valence-electron chi connectivity index (χ2n) is 6.19. The zero-order valence-corrected chi connectivity index (χ0v) is 14.9. The van der Waals surface area contributed by atoms with Crippen LogP contribution in [0.4, 0.5) is 5.13 Å². The average Bonchev–Trinajstić information content (AvgIpc) is 3.08. The summed E-state index contributed by atoms with van der Waals surface area (Å²) < 4.78 is 3.46. The zero-order valence-electron chi connectivity index (χ0n) is 13.3. The highest BCUT2D eigenvalue weighted by Gasteiger charge is 2.29. The molecule has 0 bridgehead atoms. The Morgan fingerprint density at radius 1 is 1.35 bits per heavy atom. The van der Waals surface area contributed by atoms with Gasteiger partial charge >= 0.3 is 0 Å². The van der Waals surface area contributed by atoms with Crippen LogP contribution in [0.5, 0.6) is 0 Å². The number of anilines is 1. The van der Waals surface area contributed by atoms with Gasteiger partial charge in [0.1, 0.15) is 5.82 Å². The van der Waals surface area contributed by atoms with E-state index < -0.39 is 0 Å². The molecule has 3 heterocycles. The molecule has 0 amide bonds. The normalized spacial score (nSPS) is 15.3. The standard InChI is InChI=1S/C17H19ClN4S/c1-3-15-19-4-5-21(15)8-12-9-22(10-12)17-20-16-11(2)6-13(18)7-14(16)23-17/h4-7,12H,3,8-10H2,1-2H3. The second kappa shape index (κ2) is 5.80. The van der Waals surface area contributed by atoms with E-state index in [4.69, 9.17) is 16.6 Å². The molecular formula is C17H19ClN4S. The van der Waals surface area contributed by atoms with Crippen molar-refractivity contribution < 1.29 is 0 Å². The van der Waals surface area contributed by atoms with Gasteiger partial charge < -0.3 is 9.47 Å². The van der Waals surface area contributed by atoms with Crippen LogP contribution < -0.4 is 4.90 Å². The van der Waals surface area contributed by atoms with E-state index in [0.29, 0.717) is 5.92 Å². The molecule has 1 fully saturated rings. The topological polar surface area (TPSA) is 34.0 Å². The Bertz CT molecular complexity index is 848. The fourth-order valence-electron chi connectivity index (χ4n) is 3.22. The van der Waals surface area contributed by atoms with Crippen LogP contribution in [0.3, 0.4) is 0 Å². The highest BCUT2D eigenvalue weighted by molar-refractivity contribution is 7.22. The van der Waals surface area contributed by atoms with Crippen LogP contribution in [0, 0.1) is 12.8 Å². The van der Waals surface area contributed by atoms with Gasteiger partial charge in [-0.05, 0) is 24.6 Å². The SMILES string of the molecule is CCc1nccn1CC1CN(c2nc3c(C)cc(Cl)cc3s2)C1. The van der Waals surface area contributed by atoms with Gasteiger partial charge in [-0.15, -0.1) is 0 Å². The van der Waals surface area contributed by atoms with Gasteiger partial charge in [0.15, 0.2) is 5.13 Å². The number of hydrogen-bond donors (Lipinski definition) is 0. The van der Waals surface area contributed by atoms with Crippen LogP contribution in [0.2, 0.25) is 5.02 Å². The largest absolute Gasteiger partial charge is 0.347 e. The van der Waals surface area contributed by atoms with Crippen LogP contribution in [-0.2, 0) is 13.0 Å². The van der Waals surface area contributed by atoms with Gasteiger partial charge in [0.05, 0.1) is 10.2 Å². The number of nitrogens with zero attached hydrogens (tertiary/aromatic N) is 4. The number of imidazole rings is 1. The van der Waals surface area contributed by atoms with E-state index >= 15 is 0 Å². The average molecular weight is 347 g/mol. The Morgan fingerprint density at radius 2 is 2.17 bits per heavy atom. The van der Waals surface area contributed by atoms with Gasteiger partial charge in [-0.1, -0.05) is 29.9 Å². The van der Waals surface area contributed by atoms with E-state index in [9.17, 15) is 0 Å². The molecule has 0 saturated carbocycles. The molecule has 0 atom stereocenters. The lowest BCUT2D eigenvalue weighted by Crippen LogP contribution is -2.48. The van der Waals surface area contributed by atoms with Crippen molar-refractivity contribution in [2.75, 3.05) is 18.0 Å². The molecule has 0 aliphatic carbocycles. The summed E-state index contributed by atoms with van der Waals surface area (Å²) in [6.45, 7) is 7.40. The van der Waals surface area contributed by atoms with Crippen molar-refractivity contribution in [3.05, 3.63) is 40.9 Å². The Labute approximate surface area is 144 Å². The monoisotopic (exact) mass is 346 g/mol. The molecule has 1 aliphatic heterocycles. The van der Waals surface area contributed by atoms with E-state index in [1.807, 2.05) is 18.3 Å². The summed E-state index contributed by atoms with van der Waals surface area (Å²) in [5, 5.41) is 1.90. The van der Waals surface area contributed by atoms with Gasteiger partial charge in [-0.2, -0.15) is 0 Å². The van der Waals surface area contributed by atoms with Gasteiger partial charge in [0.25, 0.3) is 0 Å². The number of halogens is 1. The maximum atomic E-state index is 6.15. The highest BCUT2D eigenvalue weighted by atomic mass is 35.5. The lowest BCUT2D eigenvalue weighted by molar-refractivity contribution is 0.353. The summed E-state index contributed by atoms with van der Waals surface area (Å²) in [6, 6.07) is 4.00. The van der Waals surface area contributed by atoms with Crippen LogP contribution in [0.25, 0.3) is 10.2 Å². The first-order chi connectivity index (χ1) is 11.1. The predicted octanol–water partition coefficient (Wildman–Crippen LogP) is 4.15. The third-order valence-corrected chi connectivity index (χ3v) is 5.72. The Balaban J connectivity index is 1.46. The second-order valence-corrected chi connectivity index (χ2v) is 7.63. The molecule has 1 saturated heterocycles. The van der Waals surface area contributed by atoms with Crippen molar-refractivity contribution in [2.24, 2.45) is 5.92 Å². The number of hydrogen-bond acceptors (Lipinski definition) is 4. The number of aromatic nitrogens is 3. The summed E-state index contributed by atoms with van der Waals surface area (Å²) in [6.07, 6.45) is 4.97. The van der Waals surface area contributed by atoms with Gasteiger partial charge in [0.2, 0.25) is 0 Å². The molecule has 1 aromatic carbocycles. The van der Waals surface area contributed by atoms with Crippen molar-refractivity contribution in [3.63, 3.8) is 0 Å².